The standard InChI is InChI=1S/C13H21N3O2S/c1-16(2)13(17)12-10(14)7-11(19-12)15-8-9-5-3-4-6-18-9/h7,9,15H,3-6,8,14H2,1-2H3. The number of thiophene rings is 1. The lowest BCUT2D eigenvalue weighted by molar-refractivity contribution is 0.0248. The number of nitrogens with two attached hydrogens (primary N) is 1. The van der Waals surface area contributed by atoms with Crippen LogP contribution in [0.1, 0.15) is 28.9 Å². The predicted molar refractivity (Wildman–Crippen MR) is 78.8 cm³/mol. The third-order valence-corrected chi connectivity index (χ3v) is 4.24. The average Bonchev–Trinajstić information content (AvgIpc) is 2.78. The van der Waals surface area contributed by atoms with Crippen LogP contribution in [0.4, 0.5) is 10.7 Å². The molecule has 0 bridgehead atoms. The fourth-order valence-electron chi connectivity index (χ4n) is 2.05. The SMILES string of the molecule is CN(C)C(=O)c1sc(NCC2CCCCO2)cc1N. The summed E-state index contributed by atoms with van der Waals surface area (Å²) < 4.78 is 5.66. The molecule has 6 heteroatoms. The van der Waals surface area contributed by atoms with Gasteiger partial charge in [0.2, 0.25) is 0 Å². The Morgan fingerprint density at radius 3 is 3.00 bits per heavy atom. The molecule has 1 aliphatic heterocycles. The maximum atomic E-state index is 11.9. The molecule has 1 amide bonds. The second-order valence-corrected chi connectivity index (χ2v) is 6.02. The summed E-state index contributed by atoms with van der Waals surface area (Å²) in [6, 6.07) is 1.82. The molecule has 1 aliphatic rings. The van der Waals surface area contributed by atoms with E-state index in [9.17, 15) is 4.79 Å². The van der Waals surface area contributed by atoms with Crippen molar-refractivity contribution in [3.8, 4) is 0 Å². The first-order valence-corrected chi connectivity index (χ1v) is 7.36. The van der Waals surface area contributed by atoms with Gasteiger partial charge in [0.1, 0.15) is 4.88 Å². The van der Waals surface area contributed by atoms with Crippen LogP contribution in [0.15, 0.2) is 6.07 Å². The minimum atomic E-state index is -0.0514. The Kier molecular flexibility index (Phi) is 4.66. The van der Waals surface area contributed by atoms with E-state index in [0.29, 0.717) is 10.6 Å². The number of nitrogens with zero attached hydrogens (tertiary/aromatic N) is 1. The van der Waals surface area contributed by atoms with E-state index in [1.54, 1.807) is 14.1 Å². The van der Waals surface area contributed by atoms with Crippen LogP contribution in [0.5, 0.6) is 0 Å². The molecule has 0 saturated carbocycles. The summed E-state index contributed by atoms with van der Waals surface area (Å²) in [7, 11) is 3.45. The third-order valence-electron chi connectivity index (χ3n) is 3.14. The van der Waals surface area contributed by atoms with E-state index in [4.69, 9.17) is 10.5 Å². The number of amides is 1. The highest BCUT2D eigenvalue weighted by Gasteiger charge is 2.17. The van der Waals surface area contributed by atoms with Crippen LogP contribution in [0.25, 0.3) is 0 Å². The van der Waals surface area contributed by atoms with Crippen molar-refractivity contribution < 1.29 is 9.53 Å². The molecule has 5 nitrogen and oxygen atoms in total. The van der Waals surface area contributed by atoms with E-state index in [-0.39, 0.29) is 12.0 Å². The summed E-state index contributed by atoms with van der Waals surface area (Å²) in [6.07, 6.45) is 3.75. The molecule has 0 aliphatic carbocycles. The first-order chi connectivity index (χ1) is 9.08. The van der Waals surface area contributed by atoms with Crippen LogP contribution in [0.2, 0.25) is 0 Å². The fourth-order valence-corrected chi connectivity index (χ4v) is 3.05. The number of rotatable bonds is 4. The topological polar surface area (TPSA) is 67.6 Å². The molecule has 0 spiro atoms. The number of hydrogen-bond acceptors (Lipinski definition) is 5. The molecular weight excluding hydrogens is 262 g/mol. The highest BCUT2D eigenvalue weighted by molar-refractivity contribution is 7.18. The maximum absolute atomic E-state index is 11.9. The molecule has 3 N–H and O–H groups in total. The Labute approximate surface area is 117 Å². The average molecular weight is 283 g/mol. The largest absolute Gasteiger partial charge is 0.397 e. The summed E-state index contributed by atoms with van der Waals surface area (Å²) in [5.74, 6) is -0.0514. The van der Waals surface area contributed by atoms with Gasteiger partial charge in [-0.25, -0.2) is 0 Å². The summed E-state index contributed by atoms with van der Waals surface area (Å²) in [5, 5.41) is 4.24. The normalized spacial score (nSPS) is 19.2. The quantitative estimate of drug-likeness (QED) is 0.887. The monoisotopic (exact) mass is 283 g/mol. The predicted octanol–water partition coefficient (Wildman–Crippen LogP) is 2.01. The van der Waals surface area contributed by atoms with Gasteiger partial charge in [-0.05, 0) is 25.3 Å². The van der Waals surface area contributed by atoms with Gasteiger partial charge in [0.25, 0.3) is 5.91 Å². The molecule has 0 radical (unpaired) electrons. The van der Waals surface area contributed by atoms with Crippen molar-refractivity contribution in [2.75, 3.05) is 38.3 Å². The molecule has 1 aromatic rings. The zero-order valence-corrected chi connectivity index (χ0v) is 12.3. The highest BCUT2D eigenvalue weighted by atomic mass is 32.1. The molecule has 2 rings (SSSR count). The second-order valence-electron chi connectivity index (χ2n) is 4.96. The number of carbonyl (C=O) groups excluding carboxylic acids is 1. The molecule has 19 heavy (non-hydrogen) atoms. The van der Waals surface area contributed by atoms with Crippen molar-refractivity contribution in [3.05, 3.63) is 10.9 Å². The molecular formula is C13H21N3O2S. The number of hydrogen-bond donors (Lipinski definition) is 2. The van der Waals surface area contributed by atoms with Gasteiger partial charge < -0.3 is 20.7 Å². The van der Waals surface area contributed by atoms with Gasteiger partial charge in [0.05, 0.1) is 16.8 Å². The lowest BCUT2D eigenvalue weighted by atomic mass is 10.1. The Balaban J connectivity index is 1.94. The van der Waals surface area contributed by atoms with Gasteiger partial charge in [-0.1, -0.05) is 0 Å². The van der Waals surface area contributed by atoms with E-state index in [2.05, 4.69) is 5.32 Å². The fraction of sp³-hybridized carbons (Fsp3) is 0.615. The number of carbonyl (C=O) groups is 1. The Morgan fingerprint density at radius 1 is 1.58 bits per heavy atom. The lowest BCUT2D eigenvalue weighted by Crippen LogP contribution is -2.26. The van der Waals surface area contributed by atoms with Gasteiger partial charge in [-0.15, -0.1) is 11.3 Å². The van der Waals surface area contributed by atoms with Crippen molar-refractivity contribution in [1.29, 1.82) is 0 Å². The molecule has 0 aromatic carbocycles. The van der Waals surface area contributed by atoms with Crippen molar-refractivity contribution in [3.63, 3.8) is 0 Å². The van der Waals surface area contributed by atoms with Crippen molar-refractivity contribution in [1.82, 2.24) is 4.90 Å². The Morgan fingerprint density at radius 2 is 2.37 bits per heavy atom. The smallest absolute Gasteiger partial charge is 0.265 e. The van der Waals surface area contributed by atoms with Gasteiger partial charge in [0, 0.05) is 27.2 Å². The van der Waals surface area contributed by atoms with Crippen LogP contribution in [-0.2, 0) is 4.74 Å². The zero-order valence-electron chi connectivity index (χ0n) is 11.4. The zero-order chi connectivity index (χ0) is 13.8. The van der Waals surface area contributed by atoms with Gasteiger partial charge in [-0.2, -0.15) is 0 Å². The van der Waals surface area contributed by atoms with E-state index in [1.807, 2.05) is 6.07 Å². The summed E-state index contributed by atoms with van der Waals surface area (Å²) in [5.41, 5.74) is 6.42. The second kappa shape index (κ2) is 6.25. The number of nitrogen functional groups attached to an aromatic ring is 1. The summed E-state index contributed by atoms with van der Waals surface area (Å²) in [4.78, 5) is 14.0. The molecule has 1 saturated heterocycles. The minimum Gasteiger partial charge on any atom is -0.397 e. The van der Waals surface area contributed by atoms with Crippen LogP contribution < -0.4 is 11.1 Å². The van der Waals surface area contributed by atoms with Gasteiger partial charge in [-0.3, -0.25) is 4.79 Å². The van der Waals surface area contributed by atoms with Crippen LogP contribution >= 0.6 is 11.3 Å². The van der Waals surface area contributed by atoms with Crippen molar-refractivity contribution in [2.24, 2.45) is 0 Å². The number of anilines is 2. The summed E-state index contributed by atoms with van der Waals surface area (Å²) in [6.45, 7) is 1.62. The molecule has 1 atom stereocenters. The number of nitrogens with one attached hydrogen (secondary N) is 1. The Bertz CT molecular complexity index is 439. The van der Waals surface area contributed by atoms with Gasteiger partial charge >= 0.3 is 0 Å². The molecule has 1 fully saturated rings. The van der Waals surface area contributed by atoms with E-state index in [0.717, 1.165) is 31.0 Å². The Hall–Kier alpha value is -1.27. The van der Waals surface area contributed by atoms with Gasteiger partial charge in [0.15, 0.2) is 0 Å². The minimum absolute atomic E-state index is 0.0514. The highest BCUT2D eigenvalue weighted by Crippen LogP contribution is 2.30. The summed E-state index contributed by atoms with van der Waals surface area (Å²) >= 11 is 1.40. The van der Waals surface area contributed by atoms with Crippen LogP contribution in [0.3, 0.4) is 0 Å². The van der Waals surface area contributed by atoms with E-state index in [1.165, 1.54) is 22.7 Å². The van der Waals surface area contributed by atoms with E-state index >= 15 is 0 Å². The van der Waals surface area contributed by atoms with Crippen molar-refractivity contribution >= 4 is 27.9 Å². The molecule has 106 valence electrons. The van der Waals surface area contributed by atoms with Crippen molar-refractivity contribution in [2.45, 2.75) is 25.4 Å². The number of ether oxygens (including phenoxy) is 1. The van der Waals surface area contributed by atoms with Crippen LogP contribution in [0, 0.1) is 0 Å². The molecule has 2 heterocycles. The van der Waals surface area contributed by atoms with Crippen LogP contribution in [-0.4, -0.2) is 44.2 Å². The molecule has 1 aromatic heterocycles. The maximum Gasteiger partial charge on any atom is 0.265 e. The first-order valence-electron chi connectivity index (χ1n) is 6.54. The third kappa shape index (κ3) is 3.61. The van der Waals surface area contributed by atoms with E-state index < -0.39 is 0 Å². The first kappa shape index (κ1) is 14.1. The molecule has 1 unspecified atom stereocenters. The lowest BCUT2D eigenvalue weighted by Gasteiger charge is -2.22.